The maximum atomic E-state index is 11.8. The fraction of sp³-hybridized carbons (Fsp3) is 0.556. The Labute approximate surface area is 161 Å². The Morgan fingerprint density at radius 2 is 1.15 bits per heavy atom. The summed E-state index contributed by atoms with van der Waals surface area (Å²) < 4.78 is 54.7. The van der Waals surface area contributed by atoms with Crippen molar-refractivity contribution in [1.82, 2.24) is 0 Å². The van der Waals surface area contributed by atoms with Crippen LogP contribution in [-0.2, 0) is 38.0 Å². The summed E-state index contributed by atoms with van der Waals surface area (Å²) in [5, 5.41) is 0. The largest absolute Gasteiger partial charge is 0.499 e. The van der Waals surface area contributed by atoms with Crippen molar-refractivity contribution in [3.05, 3.63) is 43.2 Å². The summed E-state index contributed by atoms with van der Waals surface area (Å²) in [6.07, 6.45) is 1.38. The molecule has 0 N–H and O–H groups in total. The van der Waals surface area contributed by atoms with Gasteiger partial charge in [0.15, 0.2) is 0 Å². The van der Waals surface area contributed by atoms with Crippen LogP contribution in [0.25, 0.3) is 0 Å². The van der Waals surface area contributed by atoms with Crippen molar-refractivity contribution in [2.45, 2.75) is 4.90 Å². The standard InChI is InChI=1S/C18H28O8S/c1-2-21-8-9-22-10-11-23-12-13-24-14-15-25-16-17-26-27(19,20)18-6-4-3-5-7-18/h2-7H,1,8-17H2. The molecule has 0 aromatic heterocycles. The molecule has 8 nitrogen and oxygen atoms in total. The maximum absolute atomic E-state index is 11.8. The number of hydrogen-bond donors (Lipinski definition) is 0. The van der Waals surface area contributed by atoms with E-state index < -0.39 is 10.1 Å². The summed E-state index contributed by atoms with van der Waals surface area (Å²) in [5.74, 6) is 0. The number of ether oxygens (including phenoxy) is 5. The van der Waals surface area contributed by atoms with E-state index in [1.165, 1.54) is 18.4 Å². The molecule has 0 fully saturated rings. The molecule has 0 aliphatic carbocycles. The van der Waals surface area contributed by atoms with Crippen LogP contribution in [0.2, 0.25) is 0 Å². The van der Waals surface area contributed by atoms with Gasteiger partial charge in [-0.3, -0.25) is 4.18 Å². The Balaban J connectivity index is 1.85. The van der Waals surface area contributed by atoms with Crippen molar-refractivity contribution >= 4 is 10.1 Å². The van der Waals surface area contributed by atoms with E-state index in [4.69, 9.17) is 27.9 Å². The third-order valence-electron chi connectivity index (χ3n) is 3.08. The molecule has 27 heavy (non-hydrogen) atoms. The molecular weight excluding hydrogens is 376 g/mol. The molecule has 0 bridgehead atoms. The molecule has 0 atom stereocenters. The van der Waals surface area contributed by atoms with Crippen LogP contribution in [0, 0.1) is 0 Å². The summed E-state index contributed by atoms with van der Waals surface area (Å²) in [6.45, 7) is 7.17. The molecular formula is C18H28O8S. The van der Waals surface area contributed by atoms with Crippen molar-refractivity contribution < 1.29 is 36.3 Å². The van der Waals surface area contributed by atoms with Gasteiger partial charge in [0.2, 0.25) is 0 Å². The normalized spacial score (nSPS) is 11.4. The van der Waals surface area contributed by atoms with Crippen LogP contribution in [0.3, 0.4) is 0 Å². The first-order valence-corrected chi connectivity index (χ1v) is 10.1. The van der Waals surface area contributed by atoms with Crippen LogP contribution in [0.5, 0.6) is 0 Å². The number of hydrogen-bond acceptors (Lipinski definition) is 8. The number of rotatable bonds is 18. The van der Waals surface area contributed by atoms with Gasteiger partial charge in [0.1, 0.15) is 6.61 Å². The minimum atomic E-state index is -3.73. The zero-order valence-electron chi connectivity index (χ0n) is 15.4. The first-order valence-electron chi connectivity index (χ1n) is 8.65. The lowest BCUT2D eigenvalue weighted by Crippen LogP contribution is -2.15. The van der Waals surface area contributed by atoms with E-state index in [0.717, 1.165) is 0 Å². The Kier molecular flexibility index (Phi) is 13.6. The average Bonchev–Trinajstić information content (AvgIpc) is 2.68. The van der Waals surface area contributed by atoms with E-state index in [2.05, 4.69) is 6.58 Å². The molecule has 0 saturated carbocycles. The molecule has 0 heterocycles. The van der Waals surface area contributed by atoms with Gasteiger partial charge in [0.05, 0.1) is 70.6 Å². The smallest absolute Gasteiger partial charge is 0.297 e. The minimum Gasteiger partial charge on any atom is -0.499 e. The van der Waals surface area contributed by atoms with Crippen molar-refractivity contribution in [2.24, 2.45) is 0 Å². The summed E-state index contributed by atoms with van der Waals surface area (Å²) in [4.78, 5) is 0.129. The van der Waals surface area contributed by atoms with Gasteiger partial charge in [-0.05, 0) is 12.1 Å². The van der Waals surface area contributed by atoms with E-state index in [0.29, 0.717) is 52.9 Å². The highest BCUT2D eigenvalue weighted by Gasteiger charge is 2.13. The Morgan fingerprint density at radius 3 is 1.63 bits per heavy atom. The second kappa shape index (κ2) is 15.6. The van der Waals surface area contributed by atoms with Crippen LogP contribution in [0.15, 0.2) is 48.1 Å². The molecule has 1 aromatic carbocycles. The van der Waals surface area contributed by atoms with Crippen LogP contribution < -0.4 is 0 Å². The van der Waals surface area contributed by atoms with Gasteiger partial charge >= 0.3 is 0 Å². The second-order valence-electron chi connectivity index (χ2n) is 5.08. The highest BCUT2D eigenvalue weighted by molar-refractivity contribution is 7.86. The first-order chi connectivity index (χ1) is 13.2. The summed E-state index contributed by atoms with van der Waals surface area (Å²) in [7, 11) is -3.73. The number of benzene rings is 1. The zero-order chi connectivity index (χ0) is 19.6. The van der Waals surface area contributed by atoms with Crippen LogP contribution in [0.4, 0.5) is 0 Å². The van der Waals surface area contributed by atoms with Crippen LogP contribution in [-0.4, -0.2) is 74.5 Å². The van der Waals surface area contributed by atoms with Crippen molar-refractivity contribution in [3.8, 4) is 0 Å². The predicted molar refractivity (Wildman–Crippen MR) is 99.0 cm³/mol. The lowest BCUT2D eigenvalue weighted by atomic mass is 10.4. The maximum Gasteiger partial charge on any atom is 0.297 e. The molecule has 0 aliphatic rings. The molecule has 0 aliphatic heterocycles. The van der Waals surface area contributed by atoms with Gasteiger partial charge in [0, 0.05) is 0 Å². The van der Waals surface area contributed by atoms with Gasteiger partial charge in [-0.15, -0.1) is 0 Å². The third kappa shape index (κ3) is 12.5. The second-order valence-corrected chi connectivity index (χ2v) is 6.69. The summed E-state index contributed by atoms with van der Waals surface area (Å²) >= 11 is 0. The summed E-state index contributed by atoms with van der Waals surface area (Å²) in [5.41, 5.74) is 0. The van der Waals surface area contributed by atoms with Crippen molar-refractivity contribution in [1.29, 1.82) is 0 Å². The van der Waals surface area contributed by atoms with Gasteiger partial charge in [-0.1, -0.05) is 24.8 Å². The molecule has 0 spiro atoms. The lowest BCUT2D eigenvalue weighted by Gasteiger charge is -2.08. The fourth-order valence-corrected chi connectivity index (χ4v) is 2.72. The zero-order valence-corrected chi connectivity index (χ0v) is 16.2. The lowest BCUT2D eigenvalue weighted by molar-refractivity contribution is -0.00818. The molecule has 154 valence electrons. The SMILES string of the molecule is C=COCCOCCOCCOCCOCCOS(=O)(=O)c1ccccc1. The van der Waals surface area contributed by atoms with E-state index >= 15 is 0 Å². The fourth-order valence-electron chi connectivity index (χ4n) is 1.81. The quantitative estimate of drug-likeness (QED) is 0.207. The Bertz CT molecular complexity index is 576. The average molecular weight is 404 g/mol. The molecule has 0 saturated heterocycles. The van der Waals surface area contributed by atoms with E-state index in [-0.39, 0.29) is 18.1 Å². The topological polar surface area (TPSA) is 89.5 Å². The van der Waals surface area contributed by atoms with E-state index in [9.17, 15) is 8.42 Å². The molecule has 0 unspecified atom stereocenters. The molecule has 0 amide bonds. The summed E-state index contributed by atoms with van der Waals surface area (Å²) in [6, 6.07) is 7.98. The minimum absolute atomic E-state index is 0.0435. The molecule has 1 rings (SSSR count). The van der Waals surface area contributed by atoms with E-state index in [1.54, 1.807) is 18.2 Å². The van der Waals surface area contributed by atoms with Crippen molar-refractivity contribution in [3.63, 3.8) is 0 Å². The Hall–Kier alpha value is -1.49. The molecule has 0 radical (unpaired) electrons. The van der Waals surface area contributed by atoms with Crippen LogP contribution >= 0.6 is 0 Å². The van der Waals surface area contributed by atoms with Gasteiger partial charge < -0.3 is 23.7 Å². The van der Waals surface area contributed by atoms with E-state index in [1.807, 2.05) is 0 Å². The Morgan fingerprint density at radius 1 is 0.704 bits per heavy atom. The highest BCUT2D eigenvalue weighted by Crippen LogP contribution is 2.10. The van der Waals surface area contributed by atoms with Gasteiger partial charge in [-0.2, -0.15) is 8.42 Å². The molecule has 9 heteroatoms. The van der Waals surface area contributed by atoms with Gasteiger partial charge in [-0.25, -0.2) is 0 Å². The highest BCUT2D eigenvalue weighted by atomic mass is 32.2. The predicted octanol–water partition coefficient (Wildman–Crippen LogP) is 1.62. The molecule has 1 aromatic rings. The van der Waals surface area contributed by atoms with Crippen molar-refractivity contribution in [2.75, 3.05) is 66.1 Å². The van der Waals surface area contributed by atoms with Crippen LogP contribution in [0.1, 0.15) is 0 Å². The first kappa shape index (κ1) is 23.5. The third-order valence-corrected chi connectivity index (χ3v) is 4.40. The monoisotopic (exact) mass is 404 g/mol. The van der Waals surface area contributed by atoms with Gasteiger partial charge in [0.25, 0.3) is 10.1 Å².